The van der Waals surface area contributed by atoms with Gasteiger partial charge in [0.15, 0.2) is 11.5 Å². The molecule has 0 unspecified atom stereocenters. The summed E-state index contributed by atoms with van der Waals surface area (Å²) in [4.78, 5) is 105. The highest BCUT2D eigenvalue weighted by Gasteiger charge is 2.42. The molecule has 3 aromatic rings. The van der Waals surface area contributed by atoms with Crippen LogP contribution in [0.1, 0.15) is 56.1 Å². The van der Waals surface area contributed by atoms with E-state index in [9.17, 15) is 43.5 Å². The van der Waals surface area contributed by atoms with Crippen LogP contribution in [0.2, 0.25) is 0 Å². The number of carbonyl (C=O) groups is 8. The molecule has 4 rings (SSSR count). The molecule has 0 aliphatic carbocycles. The molecule has 2 N–H and O–H groups in total. The van der Waals surface area contributed by atoms with Gasteiger partial charge in [0.2, 0.25) is 11.7 Å². The largest absolute Gasteiger partial charge is 0.475 e. The van der Waals surface area contributed by atoms with Crippen molar-refractivity contribution in [2.75, 3.05) is 6.54 Å². The Morgan fingerprint density at radius 1 is 0.792 bits per heavy atom. The average molecular weight is 728 g/mol. The molecule has 0 radical (unpaired) electrons. The normalized spacial score (nSPS) is 14.5. The summed E-state index contributed by atoms with van der Waals surface area (Å²) in [6.07, 6.45) is 1.13. The minimum Gasteiger partial charge on any atom is -0.475 e. The highest BCUT2D eigenvalue weighted by atomic mass is 16.6. The lowest BCUT2D eigenvalue weighted by atomic mass is 9.95. The van der Waals surface area contributed by atoms with E-state index in [-0.39, 0.29) is 23.2 Å². The van der Waals surface area contributed by atoms with Crippen molar-refractivity contribution in [2.45, 2.75) is 53.1 Å². The summed E-state index contributed by atoms with van der Waals surface area (Å²) < 4.78 is 15.9. The second kappa shape index (κ2) is 17.0. The number of nitrogens with zero attached hydrogens (tertiary/aromatic N) is 2. The first-order chi connectivity index (χ1) is 25.1. The Kier molecular flexibility index (Phi) is 12.6. The third-order valence-corrected chi connectivity index (χ3v) is 7.77. The fraction of sp³-hybridized carbons (Fsp3) is 0.263. The van der Waals surface area contributed by atoms with Gasteiger partial charge in [-0.3, -0.25) is 38.5 Å². The molecule has 3 aromatic carbocycles. The van der Waals surface area contributed by atoms with Crippen molar-refractivity contribution in [3.63, 3.8) is 0 Å². The minimum absolute atomic E-state index is 0.0370. The lowest BCUT2D eigenvalue weighted by Crippen LogP contribution is -2.57. The van der Waals surface area contributed by atoms with Crippen LogP contribution in [0.15, 0.2) is 79.0 Å². The first-order valence-electron chi connectivity index (χ1n) is 16.3. The van der Waals surface area contributed by atoms with Gasteiger partial charge in [0.1, 0.15) is 18.6 Å². The van der Waals surface area contributed by atoms with Gasteiger partial charge in [0.05, 0.1) is 5.70 Å². The van der Waals surface area contributed by atoms with E-state index >= 15 is 0 Å². The van der Waals surface area contributed by atoms with E-state index in [2.05, 4.69) is 5.32 Å². The quantitative estimate of drug-likeness (QED) is 0.148. The summed E-state index contributed by atoms with van der Waals surface area (Å²) in [7, 11) is 0. The Morgan fingerprint density at radius 3 is 1.81 bits per heavy atom. The maximum Gasteiger partial charge on any atom is 0.374 e. The van der Waals surface area contributed by atoms with Crippen molar-refractivity contribution in [1.82, 2.24) is 15.1 Å². The number of esters is 3. The zero-order valence-electron chi connectivity index (χ0n) is 29.5. The number of aliphatic carboxylic acids is 1. The molecule has 0 saturated carbocycles. The van der Waals surface area contributed by atoms with E-state index in [4.69, 9.17) is 14.2 Å². The molecule has 276 valence electrons. The number of rotatable bonds is 13. The highest BCUT2D eigenvalue weighted by molar-refractivity contribution is 6.35. The lowest BCUT2D eigenvalue weighted by Gasteiger charge is -2.41. The van der Waals surface area contributed by atoms with Crippen LogP contribution in [0.3, 0.4) is 0 Å². The summed E-state index contributed by atoms with van der Waals surface area (Å²) in [6, 6.07) is 16.2. The number of carboxylic acids is 1. The molecule has 15 nitrogen and oxygen atoms in total. The van der Waals surface area contributed by atoms with Crippen molar-refractivity contribution in [3.05, 3.63) is 95.7 Å². The van der Waals surface area contributed by atoms with Crippen LogP contribution < -0.4 is 19.5 Å². The molecule has 1 heterocycles. The number of Topliss-reactive ketones (excluding diaryl/α,β-unsaturated/α-hetero) is 1. The third kappa shape index (κ3) is 9.78. The van der Waals surface area contributed by atoms with Crippen LogP contribution in [0.5, 0.6) is 17.2 Å². The Labute approximate surface area is 304 Å². The fourth-order valence-corrected chi connectivity index (χ4v) is 5.62. The fourth-order valence-electron chi connectivity index (χ4n) is 5.62. The van der Waals surface area contributed by atoms with E-state index in [0.717, 1.165) is 25.7 Å². The van der Waals surface area contributed by atoms with Gasteiger partial charge in [-0.2, -0.15) is 0 Å². The molecule has 1 aliphatic heterocycles. The van der Waals surface area contributed by atoms with E-state index < -0.39 is 89.2 Å². The number of nitrogens with one attached hydrogen (secondary N) is 1. The van der Waals surface area contributed by atoms with E-state index in [1.807, 2.05) is 0 Å². The van der Waals surface area contributed by atoms with Gasteiger partial charge in [-0.15, -0.1) is 0 Å². The molecule has 0 saturated heterocycles. The SMILES string of the molecule is CC(=O)Oc1cc(C2=CN(C(=O)c3ccccc3)[C@@H](C(C)C)C(=O)N2CC(=O)N[C@@H](Cc2ccccc2)C(=O)C(=O)O)cc(OC(C)=O)c1OC(C)=O. The molecule has 1 aliphatic rings. The van der Waals surface area contributed by atoms with Gasteiger partial charge in [-0.05, 0) is 35.7 Å². The molecule has 2 atom stereocenters. The third-order valence-electron chi connectivity index (χ3n) is 7.77. The van der Waals surface area contributed by atoms with Gasteiger partial charge >= 0.3 is 23.9 Å². The summed E-state index contributed by atoms with van der Waals surface area (Å²) in [6.45, 7) is 5.79. The highest BCUT2D eigenvalue weighted by Crippen LogP contribution is 2.43. The van der Waals surface area contributed by atoms with Crippen LogP contribution in [0.25, 0.3) is 5.70 Å². The Bertz CT molecular complexity index is 1940. The van der Waals surface area contributed by atoms with Crippen molar-refractivity contribution in [3.8, 4) is 17.2 Å². The number of hydrogen-bond donors (Lipinski definition) is 2. The number of carboxylic acid groups (broad SMARTS) is 1. The molecular formula is C38H37N3O12. The number of benzene rings is 3. The standard InChI is InChI=1S/C38H37N3O12/c1-21(2)33-37(48)40(20-32(45)39-28(34(46)38(49)50)16-25-12-8-6-9-13-25)29(19-41(33)36(47)26-14-10-7-11-15-26)27-17-30(51-22(3)42)35(53-24(5)44)31(18-27)52-23(4)43/h6-15,17-19,21,28,33H,16,20H2,1-5H3,(H,39,45)(H,49,50)/t28-,33-/m0/s1. The monoisotopic (exact) mass is 727 g/mol. The van der Waals surface area contributed by atoms with E-state index in [1.54, 1.807) is 74.5 Å². The summed E-state index contributed by atoms with van der Waals surface area (Å²) in [5.41, 5.74) is 0.618. The van der Waals surface area contributed by atoms with Gasteiger partial charge in [-0.25, -0.2) is 4.79 Å². The Morgan fingerprint density at radius 2 is 1.32 bits per heavy atom. The molecule has 3 amide bonds. The van der Waals surface area contributed by atoms with Crippen molar-refractivity contribution in [1.29, 1.82) is 0 Å². The van der Waals surface area contributed by atoms with Gasteiger partial charge in [0, 0.05) is 44.5 Å². The molecule has 15 heteroatoms. The average Bonchev–Trinajstić information content (AvgIpc) is 3.09. The predicted molar refractivity (Wildman–Crippen MR) is 186 cm³/mol. The predicted octanol–water partition coefficient (Wildman–Crippen LogP) is 3.15. The van der Waals surface area contributed by atoms with E-state index in [1.165, 1.54) is 23.2 Å². The van der Waals surface area contributed by atoms with Gasteiger partial charge in [0.25, 0.3) is 17.6 Å². The number of ketones is 1. The molecule has 0 bridgehead atoms. The number of ether oxygens (including phenoxy) is 3. The second-order valence-electron chi connectivity index (χ2n) is 12.3. The molecule has 53 heavy (non-hydrogen) atoms. The first-order valence-corrected chi connectivity index (χ1v) is 16.3. The molecular weight excluding hydrogens is 690 g/mol. The second-order valence-corrected chi connectivity index (χ2v) is 12.3. The summed E-state index contributed by atoms with van der Waals surface area (Å²) in [5, 5.41) is 11.9. The summed E-state index contributed by atoms with van der Waals surface area (Å²) >= 11 is 0. The number of amides is 3. The first kappa shape index (κ1) is 39.2. The zero-order chi connectivity index (χ0) is 39.0. The molecule has 0 spiro atoms. The van der Waals surface area contributed by atoms with Crippen molar-refractivity contribution < 1.29 is 57.7 Å². The van der Waals surface area contributed by atoms with Crippen LogP contribution in [0.4, 0.5) is 0 Å². The molecule has 0 aromatic heterocycles. The Balaban J connectivity index is 1.90. The van der Waals surface area contributed by atoms with Crippen molar-refractivity contribution in [2.24, 2.45) is 5.92 Å². The maximum atomic E-state index is 14.5. The minimum atomic E-state index is -1.78. The molecule has 0 fully saturated rings. The van der Waals surface area contributed by atoms with Gasteiger partial charge < -0.3 is 29.5 Å². The Hall–Kier alpha value is -6.64. The van der Waals surface area contributed by atoms with Crippen LogP contribution in [-0.4, -0.2) is 80.9 Å². The zero-order valence-corrected chi connectivity index (χ0v) is 29.5. The summed E-state index contributed by atoms with van der Waals surface area (Å²) in [5.74, 6) is -9.65. The smallest absolute Gasteiger partial charge is 0.374 e. The lowest BCUT2D eigenvalue weighted by molar-refractivity contribution is -0.150. The van der Waals surface area contributed by atoms with E-state index in [0.29, 0.717) is 5.56 Å². The van der Waals surface area contributed by atoms with Gasteiger partial charge in [-0.1, -0.05) is 62.4 Å². The number of carbonyl (C=O) groups excluding carboxylic acids is 7. The topological polar surface area (TPSA) is 203 Å². The van der Waals surface area contributed by atoms with Crippen LogP contribution >= 0.6 is 0 Å². The van der Waals surface area contributed by atoms with Crippen LogP contribution in [0, 0.1) is 5.92 Å². The number of hydrogen-bond acceptors (Lipinski definition) is 11. The van der Waals surface area contributed by atoms with Crippen LogP contribution in [-0.2, 0) is 40.0 Å². The van der Waals surface area contributed by atoms with Crippen molar-refractivity contribution >= 4 is 53.1 Å². The maximum absolute atomic E-state index is 14.5.